The Morgan fingerprint density at radius 1 is 1.42 bits per heavy atom. The molecule has 0 saturated carbocycles. The molecule has 0 amide bonds. The number of hydrogen-bond donors (Lipinski definition) is 1. The fraction of sp³-hybridized carbons (Fsp3) is 0.800. The molecule has 0 aromatic carbocycles. The van der Waals surface area contributed by atoms with Gasteiger partial charge in [0.15, 0.2) is 0 Å². The lowest BCUT2D eigenvalue weighted by Crippen LogP contribution is -2.45. The summed E-state index contributed by atoms with van der Waals surface area (Å²) in [5.74, 6) is 0. The second-order valence-electron chi connectivity index (χ2n) is 4.32. The van der Waals surface area contributed by atoms with E-state index in [9.17, 15) is 0 Å². The predicted octanol–water partition coefficient (Wildman–Crippen LogP) is 0.986. The van der Waals surface area contributed by atoms with E-state index in [-0.39, 0.29) is 0 Å². The molecule has 2 heteroatoms. The molecule has 2 aliphatic rings. The molecule has 1 aliphatic carbocycles. The van der Waals surface area contributed by atoms with Gasteiger partial charge in [0.2, 0.25) is 0 Å². The molecule has 2 nitrogen and oxygen atoms in total. The largest absolute Gasteiger partial charge is 0.324 e. The molecule has 1 atom stereocenters. The van der Waals surface area contributed by atoms with Gasteiger partial charge in [0.25, 0.3) is 0 Å². The Balaban J connectivity index is 2.04. The highest BCUT2D eigenvalue weighted by Gasteiger charge is 2.39. The number of nitrogens with zero attached hydrogens (tertiary/aromatic N) is 1. The molecule has 1 unspecified atom stereocenters. The summed E-state index contributed by atoms with van der Waals surface area (Å²) in [4.78, 5) is 2.40. The maximum atomic E-state index is 6.08. The van der Waals surface area contributed by atoms with E-state index < -0.39 is 0 Å². The van der Waals surface area contributed by atoms with Crippen LogP contribution in [0.25, 0.3) is 0 Å². The summed E-state index contributed by atoms with van der Waals surface area (Å²) in [5.41, 5.74) is 6.52. The molecule has 1 saturated heterocycles. The van der Waals surface area contributed by atoms with Crippen molar-refractivity contribution < 1.29 is 0 Å². The predicted molar refractivity (Wildman–Crippen MR) is 50.9 cm³/mol. The Hall–Kier alpha value is -0.340. The Morgan fingerprint density at radius 3 is 2.58 bits per heavy atom. The second-order valence-corrected chi connectivity index (χ2v) is 4.32. The molecular weight excluding hydrogens is 148 g/mol. The van der Waals surface area contributed by atoms with Gasteiger partial charge in [-0.25, -0.2) is 0 Å². The topological polar surface area (TPSA) is 29.3 Å². The van der Waals surface area contributed by atoms with Crippen molar-refractivity contribution in [3.63, 3.8) is 0 Å². The molecule has 12 heavy (non-hydrogen) atoms. The number of hydrogen-bond acceptors (Lipinski definition) is 2. The van der Waals surface area contributed by atoms with Crippen LogP contribution in [0.15, 0.2) is 12.2 Å². The van der Waals surface area contributed by atoms with Crippen molar-refractivity contribution >= 4 is 0 Å². The standard InChI is InChI=1S/C10H18N2/c1-12-7-5-10(6-8-12)4-2-3-9(10)11/h2-3,9H,4-8,11H2,1H3. The molecule has 0 radical (unpaired) electrons. The van der Waals surface area contributed by atoms with Crippen LogP contribution in [0.1, 0.15) is 19.3 Å². The average molecular weight is 166 g/mol. The first-order valence-electron chi connectivity index (χ1n) is 4.84. The van der Waals surface area contributed by atoms with Gasteiger partial charge in [-0.05, 0) is 44.8 Å². The minimum Gasteiger partial charge on any atom is -0.324 e. The summed E-state index contributed by atoms with van der Waals surface area (Å²) in [6.45, 7) is 2.44. The summed E-state index contributed by atoms with van der Waals surface area (Å²) in [6.07, 6.45) is 8.21. The number of allylic oxidation sites excluding steroid dienone is 1. The molecule has 2 N–H and O–H groups in total. The number of nitrogens with two attached hydrogens (primary N) is 1. The number of likely N-dealkylation sites (tertiary alicyclic amines) is 1. The molecule has 68 valence electrons. The average Bonchev–Trinajstić information content (AvgIpc) is 2.41. The fourth-order valence-corrected chi connectivity index (χ4v) is 2.39. The van der Waals surface area contributed by atoms with Crippen LogP contribution in [0, 0.1) is 5.41 Å². The van der Waals surface area contributed by atoms with Crippen molar-refractivity contribution in [2.75, 3.05) is 20.1 Å². The highest BCUT2D eigenvalue weighted by molar-refractivity contribution is 5.13. The van der Waals surface area contributed by atoms with Gasteiger partial charge in [-0.1, -0.05) is 12.2 Å². The van der Waals surface area contributed by atoms with E-state index in [2.05, 4.69) is 24.1 Å². The first-order valence-corrected chi connectivity index (χ1v) is 4.84. The van der Waals surface area contributed by atoms with Gasteiger partial charge in [0.05, 0.1) is 0 Å². The van der Waals surface area contributed by atoms with Crippen LogP contribution in [0.3, 0.4) is 0 Å². The molecular formula is C10H18N2. The Kier molecular flexibility index (Phi) is 1.97. The summed E-state index contributed by atoms with van der Waals surface area (Å²) >= 11 is 0. The van der Waals surface area contributed by atoms with Gasteiger partial charge in [0, 0.05) is 6.04 Å². The van der Waals surface area contributed by atoms with E-state index in [1.807, 2.05) is 0 Å². The minimum atomic E-state index is 0.325. The Labute approximate surface area is 74.4 Å². The molecule has 0 aromatic heterocycles. The third-order valence-corrected chi connectivity index (χ3v) is 3.56. The smallest absolute Gasteiger partial charge is 0.0285 e. The molecule has 2 rings (SSSR count). The lowest BCUT2D eigenvalue weighted by molar-refractivity contribution is 0.119. The zero-order valence-electron chi connectivity index (χ0n) is 7.79. The lowest BCUT2D eigenvalue weighted by atomic mass is 9.74. The van der Waals surface area contributed by atoms with Gasteiger partial charge >= 0.3 is 0 Å². The lowest BCUT2D eigenvalue weighted by Gasteiger charge is -2.40. The molecule has 1 fully saturated rings. The van der Waals surface area contributed by atoms with Crippen LogP contribution in [0.5, 0.6) is 0 Å². The van der Waals surface area contributed by atoms with Gasteiger partial charge < -0.3 is 10.6 Å². The molecule has 0 bridgehead atoms. The quantitative estimate of drug-likeness (QED) is 0.544. The molecule has 1 heterocycles. The molecule has 1 aliphatic heterocycles. The number of piperidine rings is 1. The van der Waals surface area contributed by atoms with Gasteiger partial charge in [-0.3, -0.25) is 0 Å². The van der Waals surface area contributed by atoms with Crippen LogP contribution < -0.4 is 5.73 Å². The van der Waals surface area contributed by atoms with Gasteiger partial charge in [0.1, 0.15) is 0 Å². The van der Waals surface area contributed by atoms with E-state index in [0.29, 0.717) is 11.5 Å². The van der Waals surface area contributed by atoms with Gasteiger partial charge in [-0.2, -0.15) is 0 Å². The van der Waals surface area contributed by atoms with Crippen molar-refractivity contribution in [2.24, 2.45) is 11.1 Å². The van der Waals surface area contributed by atoms with E-state index in [1.165, 1.54) is 32.4 Å². The maximum Gasteiger partial charge on any atom is 0.0285 e. The second kappa shape index (κ2) is 2.86. The van der Waals surface area contributed by atoms with E-state index >= 15 is 0 Å². The third-order valence-electron chi connectivity index (χ3n) is 3.56. The number of rotatable bonds is 0. The summed E-state index contributed by atoms with van der Waals surface area (Å²) in [5, 5.41) is 0. The summed E-state index contributed by atoms with van der Waals surface area (Å²) in [6, 6.07) is 0.325. The third kappa shape index (κ3) is 1.19. The van der Waals surface area contributed by atoms with Crippen molar-refractivity contribution in [3.8, 4) is 0 Å². The highest BCUT2D eigenvalue weighted by Crippen LogP contribution is 2.41. The first-order chi connectivity index (χ1) is 5.73. The molecule has 1 spiro atoms. The minimum absolute atomic E-state index is 0.325. The van der Waals surface area contributed by atoms with E-state index in [1.54, 1.807) is 0 Å². The zero-order chi connectivity index (χ0) is 8.60. The van der Waals surface area contributed by atoms with Crippen LogP contribution >= 0.6 is 0 Å². The van der Waals surface area contributed by atoms with Crippen LogP contribution in [-0.2, 0) is 0 Å². The SMILES string of the molecule is CN1CCC2(CC=CC2N)CC1. The monoisotopic (exact) mass is 166 g/mol. The Morgan fingerprint density at radius 2 is 2.08 bits per heavy atom. The highest BCUT2D eigenvalue weighted by atomic mass is 15.1. The zero-order valence-corrected chi connectivity index (χ0v) is 7.79. The van der Waals surface area contributed by atoms with Crippen molar-refractivity contribution in [1.29, 1.82) is 0 Å². The van der Waals surface area contributed by atoms with Crippen LogP contribution in [0.4, 0.5) is 0 Å². The van der Waals surface area contributed by atoms with E-state index in [4.69, 9.17) is 5.73 Å². The Bertz CT molecular complexity index is 190. The van der Waals surface area contributed by atoms with Crippen molar-refractivity contribution in [1.82, 2.24) is 4.90 Å². The normalized spacial score (nSPS) is 34.7. The summed E-state index contributed by atoms with van der Waals surface area (Å²) in [7, 11) is 2.20. The summed E-state index contributed by atoms with van der Waals surface area (Å²) < 4.78 is 0. The first kappa shape index (κ1) is 8.27. The molecule has 0 aromatic rings. The fourth-order valence-electron chi connectivity index (χ4n) is 2.39. The van der Waals surface area contributed by atoms with Crippen molar-refractivity contribution in [3.05, 3.63) is 12.2 Å². The maximum absolute atomic E-state index is 6.08. The van der Waals surface area contributed by atoms with Crippen molar-refractivity contribution in [2.45, 2.75) is 25.3 Å². The van der Waals surface area contributed by atoms with Crippen LogP contribution in [0.2, 0.25) is 0 Å². The van der Waals surface area contributed by atoms with E-state index in [0.717, 1.165) is 0 Å². The van der Waals surface area contributed by atoms with Gasteiger partial charge in [-0.15, -0.1) is 0 Å². The van der Waals surface area contributed by atoms with Crippen LogP contribution in [-0.4, -0.2) is 31.1 Å².